The highest BCUT2D eigenvalue weighted by Crippen LogP contribution is 2.40. The van der Waals surface area contributed by atoms with E-state index in [9.17, 15) is 10.1 Å². The van der Waals surface area contributed by atoms with Crippen molar-refractivity contribution in [1.82, 2.24) is 9.55 Å². The van der Waals surface area contributed by atoms with Crippen LogP contribution >= 0.6 is 15.9 Å². The molecule has 1 aromatic heterocycles. The second-order valence-corrected chi connectivity index (χ2v) is 16.3. The van der Waals surface area contributed by atoms with Crippen LogP contribution in [0.5, 0.6) is 0 Å². The Labute approximate surface area is 227 Å². The number of nitrogens with zero attached hydrogens (tertiary/aromatic N) is 3. The van der Waals surface area contributed by atoms with E-state index in [1.807, 2.05) is 50.2 Å². The number of halogens is 1. The van der Waals surface area contributed by atoms with Gasteiger partial charge in [0.15, 0.2) is 5.79 Å². The Hall–Kier alpha value is -2.37. The van der Waals surface area contributed by atoms with Crippen LogP contribution in [-0.2, 0) is 20.4 Å². The number of nitro groups is 1. The van der Waals surface area contributed by atoms with Crippen molar-refractivity contribution in [3.63, 3.8) is 0 Å². The highest BCUT2D eigenvalue weighted by Gasteiger charge is 2.53. The maximum Gasteiger partial charge on any atom is 0.435 e. The molecule has 198 valence electrons. The van der Waals surface area contributed by atoms with E-state index >= 15 is 0 Å². The molecule has 3 aromatic rings. The molecule has 1 fully saturated rings. The van der Waals surface area contributed by atoms with Crippen molar-refractivity contribution < 1.29 is 18.8 Å². The van der Waals surface area contributed by atoms with Crippen molar-refractivity contribution in [1.29, 1.82) is 0 Å². The molecule has 2 heterocycles. The average molecular weight is 589 g/mol. The quantitative estimate of drug-likeness (QED) is 0.211. The van der Waals surface area contributed by atoms with Gasteiger partial charge in [-0.05, 0) is 50.1 Å². The molecule has 1 saturated heterocycles. The monoisotopic (exact) mass is 587 g/mol. The van der Waals surface area contributed by atoms with Gasteiger partial charge in [-0.25, -0.2) is 4.57 Å². The summed E-state index contributed by atoms with van der Waals surface area (Å²) in [6, 6.07) is 20.8. The first-order chi connectivity index (χ1) is 17.4. The zero-order valence-corrected chi connectivity index (χ0v) is 24.5. The van der Waals surface area contributed by atoms with Crippen LogP contribution in [0.15, 0.2) is 71.5 Å². The molecule has 1 aliphatic heterocycles. The molecule has 1 aliphatic rings. The van der Waals surface area contributed by atoms with Gasteiger partial charge in [-0.3, -0.25) is 0 Å². The van der Waals surface area contributed by atoms with E-state index in [0.29, 0.717) is 24.4 Å². The standard InChI is InChI=1S/C27H34BrN3O5Si/c1-25(2,3)37(21-12-8-6-9-13-21,22-14-10-7-11-15-22)36-20-27(18-34-26(4,5)35-19-27)17-30-16-23(28)29-24(30)31(32)33/h6-16H,17-20H2,1-5H3. The fraction of sp³-hybridized carbons (Fsp3) is 0.444. The van der Waals surface area contributed by atoms with E-state index in [-0.39, 0.29) is 17.5 Å². The summed E-state index contributed by atoms with van der Waals surface area (Å²) in [5.41, 5.74) is -0.673. The van der Waals surface area contributed by atoms with Crippen LogP contribution in [-0.4, -0.2) is 48.4 Å². The zero-order chi connectivity index (χ0) is 26.9. The highest BCUT2D eigenvalue weighted by molar-refractivity contribution is 9.10. The Kier molecular flexibility index (Phi) is 7.78. The molecule has 4 rings (SSSR count). The highest BCUT2D eigenvalue weighted by atomic mass is 79.9. The molecule has 0 amide bonds. The van der Waals surface area contributed by atoms with Crippen LogP contribution in [0.2, 0.25) is 5.04 Å². The summed E-state index contributed by atoms with van der Waals surface area (Å²) in [6.45, 7) is 11.6. The summed E-state index contributed by atoms with van der Waals surface area (Å²) in [5.74, 6) is -0.982. The van der Waals surface area contributed by atoms with Crippen LogP contribution < -0.4 is 10.4 Å². The summed E-state index contributed by atoms with van der Waals surface area (Å²) in [4.78, 5) is 15.3. The molecule has 10 heteroatoms. The third kappa shape index (κ3) is 5.73. The van der Waals surface area contributed by atoms with Crippen LogP contribution in [0.1, 0.15) is 34.6 Å². The molecule has 0 unspecified atom stereocenters. The van der Waals surface area contributed by atoms with Crippen LogP contribution in [0.25, 0.3) is 0 Å². The predicted octanol–water partition coefficient (Wildman–Crippen LogP) is 4.90. The Morgan fingerprint density at radius 3 is 2.03 bits per heavy atom. The Balaban J connectivity index is 1.78. The lowest BCUT2D eigenvalue weighted by Gasteiger charge is -2.47. The second kappa shape index (κ2) is 10.4. The van der Waals surface area contributed by atoms with Crippen molar-refractivity contribution in [3.05, 3.63) is 81.6 Å². The lowest BCUT2D eigenvalue weighted by atomic mass is 9.89. The van der Waals surface area contributed by atoms with Gasteiger partial charge in [0.25, 0.3) is 8.32 Å². The minimum atomic E-state index is -2.84. The fourth-order valence-electron chi connectivity index (χ4n) is 4.98. The van der Waals surface area contributed by atoms with Crippen LogP contribution in [0, 0.1) is 15.5 Å². The first-order valence-electron chi connectivity index (χ1n) is 12.3. The van der Waals surface area contributed by atoms with E-state index in [4.69, 9.17) is 13.9 Å². The van der Waals surface area contributed by atoms with Gasteiger partial charge in [0.2, 0.25) is 4.60 Å². The first-order valence-corrected chi connectivity index (χ1v) is 15.0. The third-order valence-electron chi connectivity index (χ3n) is 6.86. The van der Waals surface area contributed by atoms with E-state index in [1.165, 1.54) is 0 Å². The molecule has 0 saturated carbocycles. The van der Waals surface area contributed by atoms with Crippen molar-refractivity contribution >= 4 is 40.6 Å². The lowest BCUT2D eigenvalue weighted by Crippen LogP contribution is -2.68. The minimum absolute atomic E-state index is 0.212. The molecule has 0 bridgehead atoms. The number of rotatable bonds is 8. The van der Waals surface area contributed by atoms with Crippen molar-refractivity contribution in [2.45, 2.75) is 52.0 Å². The van der Waals surface area contributed by atoms with E-state index in [2.05, 4.69) is 66.0 Å². The molecule has 8 nitrogen and oxygen atoms in total. The molecule has 0 spiro atoms. The zero-order valence-electron chi connectivity index (χ0n) is 21.9. The summed E-state index contributed by atoms with van der Waals surface area (Å²) >= 11 is 3.29. The van der Waals surface area contributed by atoms with E-state index in [1.54, 1.807) is 10.8 Å². The molecule has 0 aliphatic carbocycles. The maximum absolute atomic E-state index is 11.7. The van der Waals surface area contributed by atoms with Gasteiger partial charge in [0.05, 0.1) is 25.2 Å². The number of benzene rings is 2. The summed E-state index contributed by atoms with van der Waals surface area (Å²) in [6.07, 6.45) is 1.63. The largest absolute Gasteiger partial charge is 0.435 e. The molecular formula is C27H34BrN3O5Si. The molecule has 37 heavy (non-hydrogen) atoms. The van der Waals surface area contributed by atoms with Crippen LogP contribution in [0.4, 0.5) is 5.95 Å². The SMILES string of the molecule is CC1(C)OCC(CO[Si](c2ccccc2)(c2ccccc2)C(C)(C)C)(Cn2cc(Br)nc2[N+](=O)[O-])CO1. The van der Waals surface area contributed by atoms with Crippen molar-refractivity contribution in [3.8, 4) is 0 Å². The lowest BCUT2D eigenvalue weighted by molar-refractivity contribution is -0.397. The summed E-state index contributed by atoms with van der Waals surface area (Å²) in [5, 5.41) is 13.8. The van der Waals surface area contributed by atoms with Gasteiger partial charge in [0.1, 0.15) is 6.20 Å². The maximum atomic E-state index is 11.7. The number of hydrogen-bond donors (Lipinski definition) is 0. The predicted molar refractivity (Wildman–Crippen MR) is 149 cm³/mol. The third-order valence-corrected chi connectivity index (χ3v) is 12.2. The normalized spacial score (nSPS) is 17.5. The molecule has 0 atom stereocenters. The van der Waals surface area contributed by atoms with Gasteiger partial charge in [-0.2, -0.15) is 0 Å². The fourth-order valence-corrected chi connectivity index (χ4v) is 10.1. The van der Waals surface area contributed by atoms with Gasteiger partial charge in [0, 0.05) is 6.61 Å². The second-order valence-electron chi connectivity index (χ2n) is 11.2. The number of hydrogen-bond acceptors (Lipinski definition) is 6. The van der Waals surface area contributed by atoms with Gasteiger partial charge >= 0.3 is 5.95 Å². The summed E-state index contributed by atoms with van der Waals surface area (Å²) in [7, 11) is -2.84. The number of imidazole rings is 1. The van der Waals surface area contributed by atoms with Crippen molar-refractivity contribution in [2.75, 3.05) is 19.8 Å². The Morgan fingerprint density at radius 1 is 1.05 bits per heavy atom. The van der Waals surface area contributed by atoms with Gasteiger partial charge in [-0.15, -0.1) is 0 Å². The first kappa shape index (κ1) is 27.7. The summed E-state index contributed by atoms with van der Waals surface area (Å²) < 4.78 is 21.4. The van der Waals surface area contributed by atoms with E-state index in [0.717, 1.165) is 10.4 Å². The smallest absolute Gasteiger partial charge is 0.407 e. The van der Waals surface area contributed by atoms with Crippen LogP contribution in [0.3, 0.4) is 0 Å². The van der Waals surface area contributed by atoms with E-state index < -0.39 is 24.4 Å². The van der Waals surface area contributed by atoms with Crippen molar-refractivity contribution in [2.24, 2.45) is 5.41 Å². The Bertz CT molecular complexity index is 1180. The molecule has 0 radical (unpaired) electrons. The number of ether oxygens (including phenoxy) is 2. The average Bonchev–Trinajstić information content (AvgIpc) is 3.22. The van der Waals surface area contributed by atoms with Gasteiger partial charge < -0.3 is 24.0 Å². The topological polar surface area (TPSA) is 88.7 Å². The molecule has 0 N–H and O–H groups in total. The van der Waals surface area contributed by atoms with Gasteiger partial charge in [-0.1, -0.05) is 86.4 Å². The molecular weight excluding hydrogens is 554 g/mol. The minimum Gasteiger partial charge on any atom is -0.407 e. The number of aromatic nitrogens is 2. The Morgan fingerprint density at radius 2 is 1.57 bits per heavy atom. The molecule has 2 aromatic carbocycles.